The Kier molecular flexibility index (Phi) is 4.03. The summed E-state index contributed by atoms with van der Waals surface area (Å²) in [5, 5.41) is 0. The molecule has 17 heavy (non-hydrogen) atoms. The molecule has 0 aliphatic rings. The standard InChI is InChI=1S/C12H14FN3S/c13-10-2-3-12(11(14)8-10)17-7-1-5-16-6-4-15-9-16/h2-4,6,8-9H,1,5,7,14H2. The fourth-order valence-electron chi connectivity index (χ4n) is 1.50. The Morgan fingerprint density at radius 2 is 2.29 bits per heavy atom. The van der Waals surface area contributed by atoms with E-state index in [4.69, 9.17) is 5.73 Å². The molecule has 0 amide bonds. The lowest BCUT2D eigenvalue weighted by Gasteiger charge is -2.05. The zero-order valence-corrected chi connectivity index (χ0v) is 10.2. The first-order chi connectivity index (χ1) is 8.25. The molecule has 2 N–H and O–H groups in total. The minimum atomic E-state index is -0.287. The molecule has 0 radical (unpaired) electrons. The zero-order valence-electron chi connectivity index (χ0n) is 9.34. The van der Waals surface area contributed by atoms with Gasteiger partial charge in [0.1, 0.15) is 5.82 Å². The highest BCUT2D eigenvalue weighted by Crippen LogP contribution is 2.26. The van der Waals surface area contributed by atoms with Crippen molar-refractivity contribution < 1.29 is 4.39 Å². The van der Waals surface area contributed by atoms with Crippen LogP contribution in [0.15, 0.2) is 41.8 Å². The summed E-state index contributed by atoms with van der Waals surface area (Å²) in [6.07, 6.45) is 6.54. The normalized spacial score (nSPS) is 10.6. The third-order valence-corrected chi connectivity index (χ3v) is 3.52. The van der Waals surface area contributed by atoms with Gasteiger partial charge in [0, 0.05) is 29.5 Å². The number of hydrogen-bond donors (Lipinski definition) is 1. The molecule has 90 valence electrons. The van der Waals surface area contributed by atoms with E-state index in [1.807, 2.05) is 10.8 Å². The fraction of sp³-hybridized carbons (Fsp3) is 0.250. The molecule has 0 atom stereocenters. The largest absolute Gasteiger partial charge is 0.398 e. The topological polar surface area (TPSA) is 43.8 Å². The molecule has 2 aromatic rings. The van der Waals surface area contributed by atoms with Crippen LogP contribution in [0.3, 0.4) is 0 Å². The second-order valence-corrected chi connectivity index (χ2v) is 4.82. The van der Waals surface area contributed by atoms with Gasteiger partial charge in [-0.3, -0.25) is 0 Å². The Morgan fingerprint density at radius 3 is 3.00 bits per heavy atom. The number of halogens is 1. The third-order valence-electron chi connectivity index (χ3n) is 2.35. The monoisotopic (exact) mass is 251 g/mol. The molecule has 0 saturated carbocycles. The summed E-state index contributed by atoms with van der Waals surface area (Å²) in [6, 6.07) is 4.53. The van der Waals surface area contributed by atoms with Crippen molar-refractivity contribution in [3.63, 3.8) is 0 Å². The lowest BCUT2D eigenvalue weighted by molar-refractivity contribution is 0.627. The second kappa shape index (κ2) is 5.72. The number of anilines is 1. The fourth-order valence-corrected chi connectivity index (χ4v) is 2.38. The first kappa shape index (κ1) is 12.0. The highest BCUT2D eigenvalue weighted by molar-refractivity contribution is 7.99. The van der Waals surface area contributed by atoms with Gasteiger partial charge in [0.15, 0.2) is 0 Å². The Morgan fingerprint density at radius 1 is 1.41 bits per heavy atom. The van der Waals surface area contributed by atoms with Crippen molar-refractivity contribution in [3.05, 3.63) is 42.7 Å². The van der Waals surface area contributed by atoms with E-state index in [0.717, 1.165) is 23.6 Å². The van der Waals surface area contributed by atoms with Crippen LogP contribution in [0.4, 0.5) is 10.1 Å². The zero-order chi connectivity index (χ0) is 12.1. The Labute approximate surface area is 104 Å². The van der Waals surface area contributed by atoms with Gasteiger partial charge in [-0.05, 0) is 30.4 Å². The van der Waals surface area contributed by atoms with Gasteiger partial charge < -0.3 is 10.3 Å². The van der Waals surface area contributed by atoms with Crippen LogP contribution in [0, 0.1) is 5.82 Å². The van der Waals surface area contributed by atoms with E-state index in [1.54, 1.807) is 30.4 Å². The first-order valence-corrected chi connectivity index (χ1v) is 6.38. The number of aryl methyl sites for hydroxylation is 1. The highest BCUT2D eigenvalue weighted by atomic mass is 32.2. The Hall–Kier alpha value is -1.49. The summed E-state index contributed by atoms with van der Waals surface area (Å²) in [7, 11) is 0. The van der Waals surface area contributed by atoms with Crippen molar-refractivity contribution in [1.82, 2.24) is 9.55 Å². The smallest absolute Gasteiger partial charge is 0.125 e. The van der Waals surface area contributed by atoms with Crippen molar-refractivity contribution in [2.45, 2.75) is 17.9 Å². The number of aromatic nitrogens is 2. The number of hydrogen-bond acceptors (Lipinski definition) is 3. The molecule has 0 bridgehead atoms. The van der Waals surface area contributed by atoms with Crippen LogP contribution in [0.25, 0.3) is 0 Å². The molecule has 0 spiro atoms. The number of rotatable bonds is 5. The van der Waals surface area contributed by atoms with Crippen LogP contribution in [0.2, 0.25) is 0 Å². The van der Waals surface area contributed by atoms with Gasteiger partial charge in [0.05, 0.1) is 6.33 Å². The lowest BCUT2D eigenvalue weighted by Crippen LogP contribution is -1.96. The Balaban J connectivity index is 1.78. The van der Waals surface area contributed by atoms with E-state index < -0.39 is 0 Å². The van der Waals surface area contributed by atoms with Crippen LogP contribution in [0.1, 0.15) is 6.42 Å². The summed E-state index contributed by atoms with van der Waals surface area (Å²) in [4.78, 5) is 4.92. The van der Waals surface area contributed by atoms with Gasteiger partial charge in [-0.25, -0.2) is 9.37 Å². The first-order valence-electron chi connectivity index (χ1n) is 5.39. The predicted molar refractivity (Wildman–Crippen MR) is 68.4 cm³/mol. The van der Waals surface area contributed by atoms with Crippen LogP contribution >= 0.6 is 11.8 Å². The molecule has 1 heterocycles. The third kappa shape index (κ3) is 3.49. The molecule has 3 nitrogen and oxygen atoms in total. The summed E-state index contributed by atoms with van der Waals surface area (Å²) >= 11 is 1.65. The van der Waals surface area contributed by atoms with Gasteiger partial charge in [0.2, 0.25) is 0 Å². The molecule has 0 saturated heterocycles. The predicted octanol–water partition coefficient (Wildman–Crippen LogP) is 2.79. The molecule has 2 rings (SSSR count). The molecular formula is C12H14FN3S. The van der Waals surface area contributed by atoms with E-state index in [1.165, 1.54) is 12.1 Å². The van der Waals surface area contributed by atoms with Crippen molar-refractivity contribution in [2.75, 3.05) is 11.5 Å². The minimum Gasteiger partial charge on any atom is -0.398 e. The van der Waals surface area contributed by atoms with Crippen LogP contribution in [-0.2, 0) is 6.54 Å². The Bertz CT molecular complexity index is 471. The van der Waals surface area contributed by atoms with Crippen molar-refractivity contribution >= 4 is 17.4 Å². The molecule has 0 unspecified atom stereocenters. The summed E-state index contributed by atoms with van der Waals surface area (Å²) in [5.41, 5.74) is 6.23. The van der Waals surface area contributed by atoms with E-state index in [-0.39, 0.29) is 5.82 Å². The SMILES string of the molecule is Nc1cc(F)ccc1SCCCn1ccnc1. The lowest BCUT2D eigenvalue weighted by atomic mass is 10.3. The van der Waals surface area contributed by atoms with Gasteiger partial charge in [-0.15, -0.1) is 11.8 Å². The number of thioether (sulfide) groups is 1. The molecule has 0 aliphatic carbocycles. The molecular weight excluding hydrogens is 237 g/mol. The van der Waals surface area contributed by atoms with E-state index in [2.05, 4.69) is 4.98 Å². The van der Waals surface area contributed by atoms with Crippen molar-refractivity contribution in [3.8, 4) is 0 Å². The summed E-state index contributed by atoms with van der Waals surface area (Å²) < 4.78 is 14.9. The number of nitrogen functional groups attached to an aromatic ring is 1. The minimum absolute atomic E-state index is 0.287. The second-order valence-electron chi connectivity index (χ2n) is 3.68. The maximum Gasteiger partial charge on any atom is 0.125 e. The average molecular weight is 251 g/mol. The maximum atomic E-state index is 12.8. The van der Waals surface area contributed by atoms with E-state index in [9.17, 15) is 4.39 Å². The van der Waals surface area contributed by atoms with Crippen LogP contribution in [0.5, 0.6) is 0 Å². The molecule has 1 aromatic heterocycles. The number of imidazole rings is 1. The number of benzene rings is 1. The van der Waals surface area contributed by atoms with Gasteiger partial charge in [-0.1, -0.05) is 0 Å². The van der Waals surface area contributed by atoms with E-state index >= 15 is 0 Å². The van der Waals surface area contributed by atoms with Crippen molar-refractivity contribution in [2.24, 2.45) is 0 Å². The number of nitrogens with zero attached hydrogens (tertiary/aromatic N) is 2. The molecule has 5 heteroatoms. The van der Waals surface area contributed by atoms with Crippen LogP contribution in [-0.4, -0.2) is 15.3 Å². The molecule has 1 aromatic carbocycles. The van der Waals surface area contributed by atoms with Crippen LogP contribution < -0.4 is 5.73 Å². The summed E-state index contributed by atoms with van der Waals surface area (Å²) in [5.74, 6) is 0.666. The summed E-state index contributed by atoms with van der Waals surface area (Å²) in [6.45, 7) is 0.939. The maximum absolute atomic E-state index is 12.8. The van der Waals surface area contributed by atoms with Gasteiger partial charge in [-0.2, -0.15) is 0 Å². The van der Waals surface area contributed by atoms with Gasteiger partial charge in [0.25, 0.3) is 0 Å². The van der Waals surface area contributed by atoms with Crippen molar-refractivity contribution in [1.29, 1.82) is 0 Å². The van der Waals surface area contributed by atoms with Gasteiger partial charge >= 0.3 is 0 Å². The number of nitrogens with two attached hydrogens (primary N) is 1. The quantitative estimate of drug-likeness (QED) is 0.505. The van der Waals surface area contributed by atoms with E-state index in [0.29, 0.717) is 5.69 Å². The average Bonchev–Trinajstić information content (AvgIpc) is 2.79. The highest BCUT2D eigenvalue weighted by Gasteiger charge is 2.01. The molecule has 0 fully saturated rings. The molecule has 0 aliphatic heterocycles.